The van der Waals surface area contributed by atoms with Crippen molar-refractivity contribution < 1.29 is 137 Å². The maximum Gasteiger partial charge on any atom is 1.00 e. The number of aldehydes is 1. The van der Waals surface area contributed by atoms with Gasteiger partial charge in [-0.2, -0.15) is 26.3 Å². The Morgan fingerprint density at radius 2 is 0.993 bits per heavy atom. The molecule has 784 valence electrons. The zero-order chi connectivity index (χ0) is 107. The number of nitrogen functional groups attached to an aromatic ring is 1. The molecule has 6 aromatic rings. The molecule has 2 saturated carbocycles. The normalized spacial score (nSPS) is 14.5. The molecule has 2 aliphatic carbocycles. The molecule has 4 N–H and O–H groups in total. The van der Waals surface area contributed by atoms with Crippen molar-refractivity contribution in [2.24, 2.45) is 17.8 Å². The van der Waals surface area contributed by atoms with Crippen LogP contribution in [0.4, 0.5) is 31.4 Å². The smallest absolute Gasteiger partial charge is 0.850 e. The van der Waals surface area contributed by atoms with Crippen LogP contribution in [0.3, 0.4) is 0 Å². The van der Waals surface area contributed by atoms with Gasteiger partial charge in [-0.1, -0.05) is 143 Å². The summed E-state index contributed by atoms with van der Waals surface area (Å²) in [5.74, 6) is 5.83. The number of likely N-dealkylation sites (tertiary alicyclic amines) is 3. The average molecular weight is 2110 g/mol. The van der Waals surface area contributed by atoms with Crippen LogP contribution >= 0.6 is 23.5 Å². The number of alkyl halides is 1. The zero-order valence-corrected chi connectivity index (χ0v) is 92.9. The topological polar surface area (TPSA) is 429 Å². The summed E-state index contributed by atoms with van der Waals surface area (Å²) in [6.45, 7) is 55.0. The summed E-state index contributed by atoms with van der Waals surface area (Å²) in [5.41, 5.74) is 7.73. The number of hydrogen-bond donors (Lipinski definition) is 3. The Balaban J connectivity index is -0.00000157. The van der Waals surface area contributed by atoms with E-state index in [2.05, 4.69) is 52.7 Å². The second-order valence-corrected chi connectivity index (χ2v) is 38.7. The third-order valence-electron chi connectivity index (χ3n) is 19.2. The van der Waals surface area contributed by atoms with Crippen molar-refractivity contribution in [3.8, 4) is 64.8 Å². The van der Waals surface area contributed by atoms with Gasteiger partial charge in [0.1, 0.15) is 70.6 Å². The first-order valence-electron chi connectivity index (χ1n) is 47.9. The molecule has 5 fully saturated rings. The Kier molecular flexibility index (Phi) is 77.3. The number of nitrogens with one attached hydrogen (secondary N) is 1. The number of aliphatic hydroxyl groups is 1. The minimum atomic E-state index is -3.08. The number of ketones is 1. The molecule has 3 aliphatic heterocycles. The summed E-state index contributed by atoms with van der Waals surface area (Å²) in [6, 6.07) is 61.2. The summed E-state index contributed by atoms with van der Waals surface area (Å²) in [4.78, 5) is 82.4. The van der Waals surface area contributed by atoms with E-state index in [-0.39, 0.29) is 115 Å². The zero-order valence-electron chi connectivity index (χ0n) is 87.3. The fraction of sp³-hybridized carbons (Fsp3) is 0.509. The number of para-hydroxylation sites is 3. The van der Waals surface area contributed by atoms with E-state index in [0.29, 0.717) is 95.1 Å². The third kappa shape index (κ3) is 71.5. The van der Waals surface area contributed by atoms with E-state index >= 15 is 0 Å². The van der Waals surface area contributed by atoms with Gasteiger partial charge >= 0.3 is 77.3 Å². The van der Waals surface area contributed by atoms with Crippen molar-refractivity contribution in [2.75, 3.05) is 113 Å². The molecule has 3 saturated heterocycles. The van der Waals surface area contributed by atoms with Gasteiger partial charge < -0.3 is 92.8 Å². The van der Waals surface area contributed by atoms with Crippen molar-refractivity contribution >= 4 is 77.4 Å². The minimum Gasteiger partial charge on any atom is -0.850 e. The van der Waals surface area contributed by atoms with Crippen LogP contribution in [0, 0.1) is 94.1 Å². The second-order valence-electron chi connectivity index (χ2n) is 36.1. The van der Waals surface area contributed by atoms with Crippen LogP contribution in [0.25, 0.3) is 14.5 Å². The van der Waals surface area contributed by atoms with Gasteiger partial charge in [0.2, 0.25) is 12.8 Å². The van der Waals surface area contributed by atoms with E-state index in [4.69, 9.17) is 83.8 Å². The summed E-state index contributed by atoms with van der Waals surface area (Å²) in [7, 11) is -3.08. The van der Waals surface area contributed by atoms with Crippen LogP contribution in [-0.2, 0) is 46.9 Å². The molecule has 11 rings (SSSR count). The SMILES string of the molecule is C.CC(C)(C)OC(=O)N1CCCC(=O)C1.CC(C)(C)[O-].CCO.CCOC=O.CCOP(=O)(CC#N)OCC.N#CCBr.N#CCN(/C=C(\C#N)C1CCCCC1)c1ccc(Oc2ccccc2)cc1.N#CCNc1ccc(Oc2ccccc2)cc1.Nc1ccc(Oc2ccccc2)cc1.[C-]#[N+]/C=C1\CCCN(C(=O)OC(C)(C)C)C1.[C-]#[N+]C(C=O)C1CCCCC1.[C-]#[N+]CC1CCCN(C(=O)OC(C)(C)C)C1.[K+]. The molecule has 6 aromatic carbocycles. The number of rotatable bonds is 22. The van der Waals surface area contributed by atoms with Crippen LogP contribution in [0.2, 0.25) is 0 Å². The molecule has 3 heterocycles. The summed E-state index contributed by atoms with van der Waals surface area (Å²) in [5, 5.41) is 64.2. The van der Waals surface area contributed by atoms with Gasteiger partial charge in [0.15, 0.2) is 12.0 Å². The number of ether oxygens (including phenoxy) is 7. The molecule has 0 aromatic heterocycles. The Morgan fingerprint density at radius 3 is 1.36 bits per heavy atom. The number of aliphatic hydroxyl groups excluding tert-OH is 1. The van der Waals surface area contributed by atoms with Gasteiger partial charge in [-0.05, 0) is 263 Å². The average Bonchev–Trinajstić information content (AvgIpc) is 0.839. The molecule has 0 radical (unpaired) electrons. The number of carbonyl (C=O) groups excluding carboxylic acids is 6. The number of carbonyl (C=O) groups is 6. The Hall–Kier alpha value is -11.7. The van der Waals surface area contributed by atoms with E-state index in [1.807, 2.05) is 249 Å². The number of nitriles is 5. The van der Waals surface area contributed by atoms with Gasteiger partial charge in [0.05, 0.1) is 68.6 Å². The van der Waals surface area contributed by atoms with Crippen molar-refractivity contribution in [1.82, 2.24) is 14.7 Å². The predicted octanol–water partition coefficient (Wildman–Crippen LogP) is 21.9. The van der Waals surface area contributed by atoms with Crippen LogP contribution in [-0.4, -0.2) is 182 Å². The molecular weight excluding hydrogens is 1960 g/mol. The van der Waals surface area contributed by atoms with Crippen LogP contribution in [0.5, 0.6) is 34.5 Å². The summed E-state index contributed by atoms with van der Waals surface area (Å²) >= 11 is 2.89. The molecule has 145 heavy (non-hydrogen) atoms. The first-order chi connectivity index (χ1) is 68.1. The molecule has 5 aliphatic rings. The monoisotopic (exact) mass is 2110 g/mol. The van der Waals surface area contributed by atoms with Crippen molar-refractivity contribution in [2.45, 2.75) is 249 Å². The van der Waals surface area contributed by atoms with Gasteiger partial charge in [0, 0.05) is 86.4 Å². The van der Waals surface area contributed by atoms with Gasteiger partial charge in [-0.3, -0.25) is 18.9 Å². The first-order valence-corrected chi connectivity index (χ1v) is 50.7. The van der Waals surface area contributed by atoms with E-state index < -0.39 is 30.0 Å². The second kappa shape index (κ2) is 81.5. The number of amides is 3. The molecule has 2 unspecified atom stereocenters. The maximum absolute atomic E-state index is 11.8. The minimum absolute atomic E-state index is 0. The summed E-state index contributed by atoms with van der Waals surface area (Å²) < 4.78 is 57.9. The molecule has 35 heteroatoms. The van der Waals surface area contributed by atoms with Gasteiger partial charge in [-0.25, -0.2) is 32.4 Å². The first kappa shape index (κ1) is 137. The largest absolute Gasteiger partial charge is 1.00 e. The number of anilines is 3. The fourth-order valence-electron chi connectivity index (χ4n) is 13.1. The van der Waals surface area contributed by atoms with Crippen molar-refractivity contribution in [3.63, 3.8) is 0 Å². The molecule has 2 atom stereocenters. The van der Waals surface area contributed by atoms with Crippen LogP contribution < -0.4 is 86.7 Å². The quantitative estimate of drug-likeness (QED) is 0.00654. The van der Waals surface area contributed by atoms with E-state index in [9.17, 15) is 49.0 Å². The molecule has 0 spiro atoms. The Labute approximate surface area is 914 Å². The number of nitrogens with zero attached hydrogens (tertiary/aromatic N) is 12. The number of nitrogens with two attached hydrogens (primary N) is 1. The third-order valence-corrected chi connectivity index (χ3v) is 21.3. The van der Waals surface area contributed by atoms with E-state index in [0.717, 1.165) is 133 Å². The molecule has 3 amide bonds. The van der Waals surface area contributed by atoms with Gasteiger partial charge in [0.25, 0.3) is 12.5 Å². The molecule has 0 bridgehead atoms. The van der Waals surface area contributed by atoms with E-state index in [1.165, 1.54) is 49.6 Å². The number of allylic oxidation sites excluding steroid dienone is 1. The number of hydrogen-bond acceptors (Lipinski definition) is 26. The number of piperidine rings is 3. The molecular formula is C110H153BrKN14O18P. The van der Waals surface area contributed by atoms with Crippen LogP contribution in [0.1, 0.15) is 221 Å². The Morgan fingerprint density at radius 1 is 0.579 bits per heavy atom. The number of halogens is 1. The molecule has 32 nitrogen and oxygen atoms in total. The maximum atomic E-state index is 11.8. The van der Waals surface area contributed by atoms with Gasteiger partial charge in [-0.15, -0.1) is 5.60 Å². The van der Waals surface area contributed by atoms with E-state index in [1.54, 1.807) is 64.3 Å². The fourth-order valence-corrected chi connectivity index (χ4v) is 14.3. The Bertz CT molecular complexity index is 5020. The number of benzene rings is 6. The van der Waals surface area contributed by atoms with Crippen LogP contribution in [0.15, 0.2) is 187 Å². The number of Topliss-reactive ketones (excluding diaryl/α,β-unsaturated/α-hetero) is 1. The van der Waals surface area contributed by atoms with Crippen molar-refractivity contribution in [1.29, 1.82) is 26.3 Å². The van der Waals surface area contributed by atoms with Crippen molar-refractivity contribution in [3.05, 3.63) is 222 Å². The standard InChI is InChI=1S/C23H23N3O.C14H12N2O.C12H20N2O2.C12H18N2O2.C12H11NO.C10H17NO3.C9H13NO.C6H12NO3P.C4H9O.C3H6O2.C2H2BrN.C2H6O.CH4.K/c24-15-16-26(18-20(17-25)19-7-3-1-4-8-19)21-11-13-23(14-12-21)27-22-9-5-2-6-10-22;15-10-11-16-12-6-8-14(9-7-12)17-13-4-2-1-3-5-13;2*1-12(2,3)16-11(15)14-7-5-6-10(9-14)8-13-4;13-10-6-8-12(9-7-10)14-11-4-2-1-3-5-11;1-10(2,3)14-9(13)11-6-4-5-8(12)7-11;1-10-9(7-11)8-5-3-2-4-6-8;1-3-9-11(8,6-5-7)10-4-2;1-4(2,3)5;1-2-5-3-4;3-1-2-4;1-2-3;;/h2,5-6,9-14,18-19H,1,3-4,7-8,16H2;1-9,16H,11H2;10H,5-9H2,1-3H3;8H,5-7,9H2,1-3H3;1-9H,13H2;4-7H2,1-3H3;7-9H,2-6H2;3-4,6H2,1-2H3;1-3H3;3H,2H2,1H3;1H2;3H,2H2,1H3;1H4;/q;;;;;;;;-1;;;;;+1/b20-18+;;;10-8+;;;;;;;;;;. The summed E-state index contributed by atoms with van der Waals surface area (Å²) in [6.07, 6.45) is 19.8. The predicted molar refractivity (Wildman–Crippen MR) is 567 cm³/mol.